The summed E-state index contributed by atoms with van der Waals surface area (Å²) in [5.41, 5.74) is 1.65. The van der Waals surface area contributed by atoms with E-state index < -0.39 is 12.0 Å². The van der Waals surface area contributed by atoms with E-state index in [1.807, 2.05) is 0 Å². The van der Waals surface area contributed by atoms with E-state index in [4.69, 9.17) is 16.3 Å². The van der Waals surface area contributed by atoms with Crippen LogP contribution in [0.5, 0.6) is 0 Å². The first-order chi connectivity index (χ1) is 9.88. The van der Waals surface area contributed by atoms with E-state index in [1.165, 1.54) is 0 Å². The molecule has 0 aliphatic carbocycles. The Morgan fingerprint density at radius 1 is 1.29 bits per heavy atom. The third-order valence-electron chi connectivity index (χ3n) is 3.04. The maximum absolute atomic E-state index is 12.3. The highest BCUT2D eigenvalue weighted by Gasteiger charge is 2.32. The third kappa shape index (κ3) is 3.55. The fourth-order valence-corrected chi connectivity index (χ4v) is 2.27. The molecule has 0 unspecified atom stereocenters. The first-order valence-corrected chi connectivity index (χ1v) is 7.01. The Morgan fingerprint density at radius 3 is 2.48 bits per heavy atom. The fourth-order valence-electron chi connectivity index (χ4n) is 2.15. The Bertz CT molecular complexity index is 593. The molecule has 0 spiro atoms. The standard InChI is InChI=1S/C15H17ClN2O3/c1-8(2)21-14(19)12-9(3)17-15(20)18-13(12)10-4-6-11(16)7-5-10/h4-8,13H,1-3H3,(H2,17,18,20)/t13-/m1/s1. The number of urea groups is 1. The van der Waals surface area contributed by atoms with Gasteiger partial charge in [0.05, 0.1) is 17.7 Å². The van der Waals surface area contributed by atoms with Crippen molar-refractivity contribution in [2.24, 2.45) is 0 Å². The van der Waals surface area contributed by atoms with Gasteiger partial charge in [-0.2, -0.15) is 0 Å². The molecule has 112 valence electrons. The van der Waals surface area contributed by atoms with Crippen LogP contribution in [0.25, 0.3) is 0 Å². The predicted octanol–water partition coefficient (Wildman–Crippen LogP) is 2.92. The number of hydrogen-bond acceptors (Lipinski definition) is 3. The van der Waals surface area contributed by atoms with Gasteiger partial charge in [-0.3, -0.25) is 0 Å². The van der Waals surface area contributed by atoms with Crippen molar-refractivity contribution in [1.29, 1.82) is 0 Å². The molecule has 1 heterocycles. The second-order valence-corrected chi connectivity index (χ2v) is 5.51. The number of ether oxygens (including phenoxy) is 1. The van der Waals surface area contributed by atoms with Gasteiger partial charge in [0.2, 0.25) is 0 Å². The molecule has 2 N–H and O–H groups in total. The van der Waals surface area contributed by atoms with E-state index in [-0.39, 0.29) is 12.1 Å². The topological polar surface area (TPSA) is 67.4 Å². The van der Waals surface area contributed by atoms with Crippen LogP contribution in [0.2, 0.25) is 5.02 Å². The van der Waals surface area contributed by atoms with Gasteiger partial charge in [0.25, 0.3) is 0 Å². The Hall–Kier alpha value is -2.01. The van der Waals surface area contributed by atoms with Crippen molar-refractivity contribution in [3.63, 3.8) is 0 Å². The van der Waals surface area contributed by atoms with Gasteiger partial charge in [-0.25, -0.2) is 9.59 Å². The number of hydrogen-bond donors (Lipinski definition) is 2. The summed E-state index contributed by atoms with van der Waals surface area (Å²) in [5.74, 6) is -0.449. The molecule has 5 nitrogen and oxygen atoms in total. The van der Waals surface area contributed by atoms with Crippen LogP contribution in [0, 0.1) is 0 Å². The van der Waals surface area contributed by atoms with Gasteiger partial charge in [0.1, 0.15) is 0 Å². The largest absolute Gasteiger partial charge is 0.459 e. The summed E-state index contributed by atoms with van der Waals surface area (Å²) in [6.07, 6.45) is -0.235. The zero-order valence-corrected chi connectivity index (χ0v) is 12.8. The molecule has 1 aromatic rings. The number of esters is 1. The second kappa shape index (κ2) is 6.18. The summed E-state index contributed by atoms with van der Waals surface area (Å²) in [5, 5.41) is 5.92. The quantitative estimate of drug-likeness (QED) is 0.844. The van der Waals surface area contributed by atoms with Gasteiger partial charge in [-0.15, -0.1) is 0 Å². The van der Waals surface area contributed by atoms with E-state index >= 15 is 0 Å². The maximum Gasteiger partial charge on any atom is 0.338 e. The first-order valence-electron chi connectivity index (χ1n) is 6.63. The van der Waals surface area contributed by atoms with Crippen molar-refractivity contribution in [2.45, 2.75) is 32.9 Å². The number of rotatable bonds is 3. The summed E-state index contributed by atoms with van der Waals surface area (Å²) in [4.78, 5) is 24.0. The minimum Gasteiger partial charge on any atom is -0.459 e. The van der Waals surface area contributed by atoms with Crippen LogP contribution in [0.4, 0.5) is 4.79 Å². The highest BCUT2D eigenvalue weighted by atomic mass is 35.5. The second-order valence-electron chi connectivity index (χ2n) is 5.08. The Morgan fingerprint density at radius 2 is 1.90 bits per heavy atom. The molecule has 0 aromatic heterocycles. The van der Waals surface area contributed by atoms with Crippen molar-refractivity contribution in [3.05, 3.63) is 46.1 Å². The van der Waals surface area contributed by atoms with Gasteiger partial charge < -0.3 is 15.4 Å². The Balaban J connectivity index is 2.40. The normalized spacial score (nSPS) is 18.3. The molecule has 0 saturated heterocycles. The number of carbonyl (C=O) groups is 2. The molecule has 21 heavy (non-hydrogen) atoms. The third-order valence-corrected chi connectivity index (χ3v) is 3.29. The molecular formula is C15H17ClN2O3. The predicted molar refractivity (Wildman–Crippen MR) is 79.8 cm³/mol. The number of halogens is 1. The molecule has 6 heteroatoms. The number of benzene rings is 1. The van der Waals surface area contributed by atoms with Crippen LogP contribution in [0.1, 0.15) is 32.4 Å². The lowest BCUT2D eigenvalue weighted by atomic mass is 9.95. The molecule has 1 aliphatic heterocycles. The van der Waals surface area contributed by atoms with Crippen LogP contribution >= 0.6 is 11.6 Å². The molecule has 2 amide bonds. The minimum absolute atomic E-state index is 0.235. The first kappa shape index (κ1) is 15.4. The number of amides is 2. The van der Waals surface area contributed by atoms with Crippen molar-refractivity contribution in [3.8, 4) is 0 Å². The monoisotopic (exact) mass is 308 g/mol. The van der Waals surface area contributed by atoms with Gasteiger partial charge in [0.15, 0.2) is 0 Å². The molecule has 2 rings (SSSR count). The van der Waals surface area contributed by atoms with Gasteiger partial charge >= 0.3 is 12.0 Å². The van der Waals surface area contributed by atoms with Gasteiger partial charge in [0, 0.05) is 10.7 Å². The summed E-state index contributed by atoms with van der Waals surface area (Å²) in [6.45, 7) is 5.23. The SMILES string of the molecule is CC1=C(C(=O)OC(C)C)[C@@H](c2ccc(Cl)cc2)NC(=O)N1. The molecule has 0 fully saturated rings. The van der Waals surface area contributed by atoms with Crippen molar-refractivity contribution in [1.82, 2.24) is 10.6 Å². The average Bonchev–Trinajstić information content (AvgIpc) is 2.37. The highest BCUT2D eigenvalue weighted by molar-refractivity contribution is 6.30. The van der Waals surface area contributed by atoms with E-state index in [2.05, 4.69) is 10.6 Å². The van der Waals surface area contributed by atoms with Crippen LogP contribution in [-0.2, 0) is 9.53 Å². The van der Waals surface area contributed by atoms with Crippen LogP contribution < -0.4 is 10.6 Å². The van der Waals surface area contributed by atoms with Crippen molar-refractivity contribution < 1.29 is 14.3 Å². The van der Waals surface area contributed by atoms with E-state index in [0.29, 0.717) is 16.3 Å². The van der Waals surface area contributed by atoms with E-state index in [0.717, 1.165) is 5.56 Å². The molecule has 0 bridgehead atoms. The molecule has 1 atom stereocenters. The lowest BCUT2D eigenvalue weighted by molar-refractivity contribution is -0.143. The van der Waals surface area contributed by atoms with E-state index in [1.54, 1.807) is 45.0 Å². The molecule has 0 radical (unpaired) electrons. The van der Waals surface area contributed by atoms with Crippen LogP contribution in [-0.4, -0.2) is 18.1 Å². The smallest absolute Gasteiger partial charge is 0.338 e. The zero-order valence-electron chi connectivity index (χ0n) is 12.1. The van der Waals surface area contributed by atoms with Crippen molar-refractivity contribution >= 4 is 23.6 Å². The van der Waals surface area contributed by atoms with Gasteiger partial charge in [-0.05, 0) is 38.5 Å². The average molecular weight is 309 g/mol. The molecular weight excluding hydrogens is 292 g/mol. The molecule has 0 saturated carbocycles. The number of carbonyl (C=O) groups excluding carboxylic acids is 2. The fraction of sp³-hybridized carbons (Fsp3) is 0.333. The highest BCUT2D eigenvalue weighted by Crippen LogP contribution is 2.28. The molecule has 1 aliphatic rings. The van der Waals surface area contributed by atoms with Crippen LogP contribution in [0.3, 0.4) is 0 Å². The Kier molecular flexibility index (Phi) is 4.53. The lowest BCUT2D eigenvalue weighted by Crippen LogP contribution is -2.45. The summed E-state index contributed by atoms with van der Waals surface area (Å²) >= 11 is 5.87. The summed E-state index contributed by atoms with van der Waals surface area (Å²) in [6, 6.07) is 6.07. The maximum atomic E-state index is 12.3. The van der Waals surface area contributed by atoms with Crippen LogP contribution in [0.15, 0.2) is 35.5 Å². The summed E-state index contributed by atoms with van der Waals surface area (Å²) in [7, 11) is 0. The van der Waals surface area contributed by atoms with E-state index in [9.17, 15) is 9.59 Å². The van der Waals surface area contributed by atoms with Crippen molar-refractivity contribution in [2.75, 3.05) is 0 Å². The number of allylic oxidation sites excluding steroid dienone is 1. The zero-order chi connectivity index (χ0) is 15.6. The Labute approximate surface area is 128 Å². The lowest BCUT2D eigenvalue weighted by Gasteiger charge is -2.28. The van der Waals surface area contributed by atoms with Gasteiger partial charge in [-0.1, -0.05) is 23.7 Å². The molecule has 1 aromatic carbocycles. The minimum atomic E-state index is -0.553. The summed E-state index contributed by atoms with van der Waals surface area (Å²) < 4.78 is 5.26. The number of nitrogens with one attached hydrogen (secondary N) is 2.